The van der Waals surface area contributed by atoms with E-state index in [-0.39, 0.29) is 66.2 Å². The van der Waals surface area contributed by atoms with Crippen LogP contribution in [0.25, 0.3) is 0 Å². The molecule has 0 radical (unpaired) electrons. The van der Waals surface area contributed by atoms with Gasteiger partial charge in [0.05, 0.1) is 60.4 Å². The number of anilines is 2. The van der Waals surface area contributed by atoms with Crippen LogP contribution in [0.1, 0.15) is 104 Å². The Balaban J connectivity index is 0.734. The predicted octanol–water partition coefficient (Wildman–Crippen LogP) is 4.62. The lowest BCUT2D eigenvalue weighted by atomic mass is 9.93. The van der Waals surface area contributed by atoms with Gasteiger partial charge in [-0.2, -0.15) is 5.26 Å². The maximum atomic E-state index is 13.4. The number of carbonyl (C=O) groups excluding carboxylic acids is 3. The minimum absolute atomic E-state index is 0.0126. The van der Waals surface area contributed by atoms with Crippen LogP contribution in [0.5, 0.6) is 11.5 Å². The molecule has 3 aliphatic heterocycles. The molecule has 4 atom stereocenters. The molecule has 2 aliphatic carbocycles. The number of nitrogens with zero attached hydrogens (tertiary/aromatic N) is 6. The third-order valence-corrected chi connectivity index (χ3v) is 14.0. The number of likely N-dealkylation sites (N-methyl/N-ethyl adjacent to an activating group) is 1. The highest BCUT2D eigenvalue weighted by Crippen LogP contribution is 2.34. The zero-order chi connectivity index (χ0) is 45.5. The molecule has 1 aromatic heterocycles. The summed E-state index contributed by atoms with van der Waals surface area (Å²) in [7, 11) is 3.51. The van der Waals surface area contributed by atoms with E-state index in [9.17, 15) is 14.4 Å². The number of methoxy groups -OCH3 is 1. The minimum Gasteiger partial charge on any atom is -0.495 e. The number of nitriles is 1. The molecule has 0 bridgehead atoms. The first-order chi connectivity index (χ1) is 31.6. The number of benzene rings is 2. The maximum absolute atomic E-state index is 13.4. The monoisotopic (exact) mass is 911 g/mol. The third-order valence-electron chi connectivity index (χ3n) is 13.7. The van der Waals surface area contributed by atoms with E-state index >= 15 is 0 Å². The molecule has 17 nitrogen and oxygen atoms in total. The summed E-state index contributed by atoms with van der Waals surface area (Å²) in [5, 5.41) is 35.0. The highest BCUT2D eigenvalue weighted by atomic mass is 35.5. The number of amides is 3. The van der Waals surface area contributed by atoms with Crippen LogP contribution in [0.4, 0.5) is 11.5 Å². The van der Waals surface area contributed by atoms with Crippen LogP contribution < -0.4 is 41.0 Å². The van der Waals surface area contributed by atoms with Gasteiger partial charge in [-0.3, -0.25) is 29.9 Å². The molecular weight excluding hydrogens is 850 g/mol. The number of halogens is 1. The van der Waals surface area contributed by atoms with Gasteiger partial charge < -0.3 is 40.0 Å². The molecule has 348 valence electrons. The quantitative estimate of drug-likeness (QED) is 0.132. The summed E-state index contributed by atoms with van der Waals surface area (Å²) in [6.07, 6.45) is 9.94. The first-order valence-corrected chi connectivity index (χ1v) is 23.6. The molecule has 3 unspecified atom stereocenters. The number of ether oxygens (including phenoxy) is 3. The van der Waals surface area contributed by atoms with Crippen molar-refractivity contribution in [2.24, 2.45) is 0 Å². The van der Waals surface area contributed by atoms with Crippen LogP contribution in [0, 0.1) is 11.3 Å². The van der Waals surface area contributed by atoms with Gasteiger partial charge >= 0.3 is 0 Å². The van der Waals surface area contributed by atoms with Crippen LogP contribution >= 0.6 is 11.6 Å². The van der Waals surface area contributed by atoms with Gasteiger partial charge in [-0.25, -0.2) is 0 Å². The van der Waals surface area contributed by atoms with E-state index in [1.807, 2.05) is 24.1 Å². The molecule has 4 heterocycles. The van der Waals surface area contributed by atoms with E-state index in [0.717, 1.165) is 82.4 Å². The van der Waals surface area contributed by atoms with Gasteiger partial charge in [0.1, 0.15) is 23.9 Å². The van der Waals surface area contributed by atoms with E-state index in [1.54, 1.807) is 43.5 Å². The number of piperazine rings is 1. The molecule has 2 aromatic carbocycles. The van der Waals surface area contributed by atoms with E-state index in [2.05, 4.69) is 59.6 Å². The highest BCUT2D eigenvalue weighted by molar-refractivity contribution is 6.31. The Morgan fingerprint density at radius 2 is 1.74 bits per heavy atom. The van der Waals surface area contributed by atoms with Crippen molar-refractivity contribution in [2.75, 3.05) is 57.2 Å². The Morgan fingerprint density at radius 3 is 2.43 bits per heavy atom. The number of aromatic nitrogens is 2. The largest absolute Gasteiger partial charge is 0.495 e. The molecule has 3 amide bonds. The van der Waals surface area contributed by atoms with Gasteiger partial charge in [0, 0.05) is 56.9 Å². The summed E-state index contributed by atoms with van der Waals surface area (Å²) < 4.78 is 18.0. The van der Waals surface area contributed by atoms with Crippen molar-refractivity contribution in [3.8, 4) is 17.6 Å². The predicted molar refractivity (Wildman–Crippen MR) is 246 cm³/mol. The van der Waals surface area contributed by atoms with Gasteiger partial charge in [-0.05, 0) is 100 Å². The van der Waals surface area contributed by atoms with Crippen LogP contribution in [0.15, 0.2) is 48.5 Å². The Bertz CT molecular complexity index is 2170. The number of fused-ring (bicyclic) bond motifs is 1. The number of nitrogens with one attached hydrogen (secondary N) is 5. The maximum Gasteiger partial charge on any atom is 0.272 e. The van der Waals surface area contributed by atoms with Crippen molar-refractivity contribution < 1.29 is 28.6 Å². The molecule has 0 spiro atoms. The second kappa shape index (κ2) is 21.4. The van der Waals surface area contributed by atoms with Crippen molar-refractivity contribution in [1.29, 1.82) is 5.26 Å². The molecule has 5 fully saturated rings. The SMILES string of the molecule is CC[C@@H]1C(=O)N(C)C2CNC(Nc3ccc(C(=O)NCCOC4CCN(c5ccc(C(=O)NC6CCC(Oc7ccc(C#N)c(Cl)c7)CC6)nn5)CC4)cc3OC)NC2N1C1CCCC1. The fourth-order valence-corrected chi connectivity index (χ4v) is 10.3. The molecule has 5 N–H and O–H groups in total. The van der Waals surface area contributed by atoms with Crippen LogP contribution in [-0.4, -0.2) is 133 Å². The second-order valence-electron chi connectivity index (χ2n) is 17.7. The molecule has 5 aliphatic rings. The minimum atomic E-state index is -0.266. The van der Waals surface area contributed by atoms with Crippen LogP contribution in [-0.2, 0) is 9.53 Å². The van der Waals surface area contributed by atoms with E-state index in [4.69, 9.17) is 31.1 Å². The van der Waals surface area contributed by atoms with E-state index in [0.29, 0.717) is 53.4 Å². The second-order valence-corrected chi connectivity index (χ2v) is 18.2. The fraction of sp³-hybridized carbons (Fsp3) is 0.574. The normalized spacial score (nSPS) is 25.4. The summed E-state index contributed by atoms with van der Waals surface area (Å²) in [6.45, 7) is 4.97. The zero-order valence-corrected chi connectivity index (χ0v) is 38.3. The van der Waals surface area contributed by atoms with Crippen LogP contribution in [0.3, 0.4) is 0 Å². The Hall–Kier alpha value is -5.25. The molecule has 3 aromatic rings. The van der Waals surface area contributed by atoms with Gasteiger partial charge in [0.2, 0.25) is 5.91 Å². The van der Waals surface area contributed by atoms with Crippen molar-refractivity contribution in [1.82, 2.24) is 41.3 Å². The summed E-state index contributed by atoms with van der Waals surface area (Å²) in [5.41, 5.74) is 1.93. The van der Waals surface area contributed by atoms with Crippen molar-refractivity contribution in [2.45, 2.75) is 126 Å². The Labute approximate surface area is 386 Å². The Morgan fingerprint density at radius 1 is 0.954 bits per heavy atom. The molecule has 3 saturated heterocycles. The van der Waals surface area contributed by atoms with Gasteiger partial charge in [0.15, 0.2) is 11.5 Å². The van der Waals surface area contributed by atoms with Gasteiger partial charge in [0.25, 0.3) is 11.8 Å². The first kappa shape index (κ1) is 46.3. The summed E-state index contributed by atoms with van der Waals surface area (Å²) in [4.78, 5) is 46.1. The molecule has 18 heteroatoms. The van der Waals surface area contributed by atoms with Crippen molar-refractivity contribution in [3.63, 3.8) is 0 Å². The summed E-state index contributed by atoms with van der Waals surface area (Å²) in [5.74, 6) is 1.65. The topological polar surface area (TPSA) is 198 Å². The third kappa shape index (κ3) is 10.9. The van der Waals surface area contributed by atoms with Gasteiger partial charge in [-0.15, -0.1) is 10.2 Å². The highest BCUT2D eigenvalue weighted by Gasteiger charge is 2.49. The lowest BCUT2D eigenvalue weighted by molar-refractivity contribution is -0.156. The molecule has 8 rings (SSSR count). The van der Waals surface area contributed by atoms with Crippen molar-refractivity contribution >= 4 is 40.8 Å². The smallest absolute Gasteiger partial charge is 0.272 e. The molecule has 65 heavy (non-hydrogen) atoms. The average Bonchev–Trinajstić information content (AvgIpc) is 3.87. The lowest BCUT2D eigenvalue weighted by Crippen LogP contribution is -2.78. The number of rotatable bonds is 15. The molecule has 2 saturated carbocycles. The number of hydrogen-bond donors (Lipinski definition) is 5. The van der Waals surface area contributed by atoms with E-state index < -0.39 is 0 Å². The number of hydrogen-bond acceptors (Lipinski definition) is 14. The van der Waals surface area contributed by atoms with Crippen molar-refractivity contribution in [3.05, 3.63) is 70.4 Å². The van der Waals surface area contributed by atoms with Crippen LogP contribution in [0.2, 0.25) is 5.02 Å². The summed E-state index contributed by atoms with van der Waals surface area (Å²) in [6, 6.07) is 16.4. The Kier molecular flexibility index (Phi) is 15.2. The number of piperidine rings is 1. The zero-order valence-electron chi connectivity index (χ0n) is 37.6. The summed E-state index contributed by atoms with van der Waals surface area (Å²) >= 11 is 6.15. The van der Waals surface area contributed by atoms with E-state index in [1.165, 1.54) is 12.8 Å². The fourth-order valence-electron chi connectivity index (χ4n) is 10.1. The standard InChI is InChI=1S/C47H62ClN11O6/c1-4-39-46(62)57(2)40-28-51-47(54-43(40)59(39)32-7-5-6-8-32)53-37-16-10-29(25-41(37)63-3)44(60)50-21-24-64-33-19-22-58(23-20-33)42-18-17-38(55-56-42)45(61)52-31-11-14-34(15-12-31)65-35-13-9-30(27-49)36(48)26-35/h9-10,13,16-18,25-26,31-34,39-40,43,47,51,53-54H,4-8,11-12,14-15,19-24,28H2,1-3H3,(H,50,60)(H,52,61)/t31?,34?,39-,40?,43?,47?/m1/s1. The lowest BCUT2D eigenvalue weighted by Gasteiger charge is -2.55. The molecular formula is C47H62ClN11O6. The first-order valence-electron chi connectivity index (χ1n) is 23.3. The van der Waals surface area contributed by atoms with Gasteiger partial charge in [-0.1, -0.05) is 31.4 Å². The average molecular weight is 913 g/mol. The number of carbonyl (C=O) groups is 3.